The molecule has 3 aromatic rings. The first kappa shape index (κ1) is 17.2. The average Bonchev–Trinajstić information content (AvgIpc) is 3.19. The lowest BCUT2D eigenvalue weighted by atomic mass is 10.3. The molecule has 3 rings (SSSR count). The molecule has 0 aliphatic carbocycles. The maximum Gasteiger partial charge on any atom is 0.265 e. The molecule has 7 nitrogen and oxygen atoms in total. The third-order valence-corrected chi connectivity index (χ3v) is 5.26. The minimum absolute atomic E-state index is 0.307. The fourth-order valence-corrected chi connectivity index (χ4v) is 3.44. The summed E-state index contributed by atoms with van der Waals surface area (Å²) in [6.07, 6.45) is 3.51. The van der Waals surface area contributed by atoms with Gasteiger partial charge in [0, 0.05) is 9.75 Å². The summed E-state index contributed by atoms with van der Waals surface area (Å²) in [5.74, 6) is 0.839. The predicted molar refractivity (Wildman–Crippen MR) is 105 cm³/mol. The summed E-state index contributed by atoms with van der Waals surface area (Å²) >= 11 is 3.26. The molecule has 0 saturated heterocycles. The van der Waals surface area contributed by atoms with Crippen LogP contribution in [0.4, 0.5) is 11.8 Å². The van der Waals surface area contributed by atoms with Gasteiger partial charge in [0.05, 0.1) is 12.4 Å². The highest BCUT2D eigenvalue weighted by Gasteiger charge is 2.04. The van der Waals surface area contributed by atoms with Gasteiger partial charge in [-0.3, -0.25) is 5.43 Å². The number of anilines is 2. The van der Waals surface area contributed by atoms with Crippen molar-refractivity contribution in [2.75, 3.05) is 10.9 Å². The molecule has 0 spiro atoms. The summed E-state index contributed by atoms with van der Waals surface area (Å²) in [6, 6.07) is 4.10. The molecule has 2 N–H and O–H groups in total. The Kier molecular flexibility index (Phi) is 5.46. The zero-order valence-electron chi connectivity index (χ0n) is 14.0. The van der Waals surface area contributed by atoms with Crippen LogP contribution in [0.2, 0.25) is 0 Å². The summed E-state index contributed by atoms with van der Waals surface area (Å²) in [7, 11) is 0. The van der Waals surface area contributed by atoms with Crippen molar-refractivity contribution in [1.29, 1.82) is 0 Å². The van der Waals surface area contributed by atoms with E-state index in [1.165, 1.54) is 11.1 Å². The van der Waals surface area contributed by atoms with Crippen LogP contribution < -0.4 is 10.9 Å². The molecule has 128 valence electrons. The predicted octanol–water partition coefficient (Wildman–Crippen LogP) is 3.81. The Bertz CT molecular complexity index is 911. The number of rotatable bonds is 6. The van der Waals surface area contributed by atoms with Gasteiger partial charge in [0.1, 0.15) is 5.69 Å². The number of hydrogen-bond donors (Lipinski definition) is 2. The lowest BCUT2D eigenvalue weighted by Gasteiger charge is -2.04. The van der Waals surface area contributed by atoms with Gasteiger partial charge in [-0.1, -0.05) is 0 Å². The molecule has 0 aliphatic rings. The van der Waals surface area contributed by atoms with Crippen LogP contribution in [0.5, 0.6) is 0 Å². The van der Waals surface area contributed by atoms with Gasteiger partial charge in [0.15, 0.2) is 5.82 Å². The molecule has 3 heterocycles. The molecular formula is C16H17N7S2. The van der Waals surface area contributed by atoms with Crippen LogP contribution in [-0.2, 0) is 0 Å². The van der Waals surface area contributed by atoms with E-state index in [9.17, 15) is 0 Å². The quantitative estimate of drug-likeness (QED) is 0.508. The molecule has 25 heavy (non-hydrogen) atoms. The zero-order valence-corrected chi connectivity index (χ0v) is 15.6. The van der Waals surface area contributed by atoms with E-state index in [1.54, 1.807) is 35.1 Å². The summed E-state index contributed by atoms with van der Waals surface area (Å²) in [4.78, 5) is 6.52. The van der Waals surface area contributed by atoms with Crippen LogP contribution in [-0.4, -0.2) is 27.6 Å². The Balaban J connectivity index is 1.66. The maximum atomic E-state index is 4.34. The van der Waals surface area contributed by atoms with Gasteiger partial charge >= 0.3 is 0 Å². The number of aromatic nitrogens is 3. The number of hydrazone groups is 2. The topological polar surface area (TPSA) is 87.5 Å². The second kappa shape index (κ2) is 7.95. The Hall–Kier alpha value is -2.65. The minimum atomic E-state index is 0.307. The van der Waals surface area contributed by atoms with Crippen molar-refractivity contribution in [2.45, 2.75) is 20.8 Å². The lowest BCUT2D eigenvalue weighted by molar-refractivity contribution is 0.922. The van der Waals surface area contributed by atoms with E-state index in [4.69, 9.17) is 0 Å². The van der Waals surface area contributed by atoms with E-state index in [0.29, 0.717) is 17.5 Å². The van der Waals surface area contributed by atoms with Gasteiger partial charge < -0.3 is 0 Å². The summed E-state index contributed by atoms with van der Waals surface area (Å²) in [6.45, 7) is 5.90. The van der Waals surface area contributed by atoms with Crippen molar-refractivity contribution in [2.24, 2.45) is 10.2 Å². The first-order valence-corrected chi connectivity index (χ1v) is 9.27. The van der Waals surface area contributed by atoms with Crippen LogP contribution >= 0.6 is 22.7 Å². The van der Waals surface area contributed by atoms with E-state index in [0.717, 1.165) is 9.75 Å². The summed E-state index contributed by atoms with van der Waals surface area (Å²) in [5, 5.41) is 20.5. The third-order valence-electron chi connectivity index (χ3n) is 3.36. The van der Waals surface area contributed by atoms with Crippen LogP contribution in [0.1, 0.15) is 26.6 Å². The normalized spacial score (nSPS) is 11.5. The number of thiophene rings is 2. The monoisotopic (exact) mass is 371 g/mol. The first-order valence-electron chi connectivity index (χ1n) is 7.51. The second-order valence-electron chi connectivity index (χ2n) is 5.25. The SMILES string of the molecule is Cc1ccsc1/C=N\Nc1nnc(C)c(N/N=C\c2sccc2C)n1. The smallest absolute Gasteiger partial charge is 0.260 e. The number of nitrogens with zero attached hydrogens (tertiary/aromatic N) is 5. The fourth-order valence-electron chi connectivity index (χ4n) is 1.87. The second-order valence-corrected chi connectivity index (χ2v) is 7.14. The molecule has 0 radical (unpaired) electrons. The molecule has 0 amide bonds. The van der Waals surface area contributed by atoms with Gasteiger partial charge in [-0.25, -0.2) is 5.43 Å². The fraction of sp³-hybridized carbons (Fsp3) is 0.188. The van der Waals surface area contributed by atoms with Crippen molar-refractivity contribution < 1.29 is 0 Å². The van der Waals surface area contributed by atoms with E-state index in [-0.39, 0.29) is 0 Å². The van der Waals surface area contributed by atoms with Crippen LogP contribution in [0.3, 0.4) is 0 Å². The van der Waals surface area contributed by atoms with Crippen LogP contribution in [0.15, 0.2) is 33.1 Å². The van der Waals surface area contributed by atoms with Gasteiger partial charge in [-0.15, -0.1) is 32.9 Å². The Labute approximate surface area is 153 Å². The van der Waals surface area contributed by atoms with Crippen molar-refractivity contribution in [3.63, 3.8) is 0 Å². The van der Waals surface area contributed by atoms with E-state index < -0.39 is 0 Å². The van der Waals surface area contributed by atoms with Crippen LogP contribution in [0, 0.1) is 20.8 Å². The molecule has 3 aromatic heterocycles. The minimum Gasteiger partial charge on any atom is -0.260 e. The third kappa shape index (κ3) is 4.46. The molecular weight excluding hydrogens is 354 g/mol. The highest BCUT2D eigenvalue weighted by atomic mass is 32.1. The van der Waals surface area contributed by atoms with Crippen molar-refractivity contribution in [3.05, 3.63) is 49.5 Å². The first-order chi connectivity index (χ1) is 12.1. The molecule has 9 heteroatoms. The van der Waals surface area contributed by atoms with Crippen molar-refractivity contribution in [1.82, 2.24) is 15.2 Å². The number of hydrogen-bond acceptors (Lipinski definition) is 9. The van der Waals surface area contributed by atoms with E-state index >= 15 is 0 Å². The largest absolute Gasteiger partial charge is 0.265 e. The molecule has 0 fully saturated rings. The Morgan fingerprint density at radius 1 is 0.880 bits per heavy atom. The van der Waals surface area contributed by atoms with Crippen LogP contribution in [0.25, 0.3) is 0 Å². The van der Waals surface area contributed by atoms with Gasteiger partial charge in [-0.2, -0.15) is 15.2 Å². The Morgan fingerprint density at radius 2 is 1.48 bits per heavy atom. The molecule has 0 bridgehead atoms. The van der Waals surface area contributed by atoms with E-state index in [2.05, 4.69) is 42.3 Å². The molecule has 0 atom stereocenters. The highest BCUT2D eigenvalue weighted by Crippen LogP contribution is 2.14. The zero-order chi connectivity index (χ0) is 17.6. The van der Waals surface area contributed by atoms with Crippen molar-refractivity contribution in [3.8, 4) is 0 Å². The number of nitrogens with one attached hydrogen (secondary N) is 2. The lowest BCUT2D eigenvalue weighted by Crippen LogP contribution is -2.05. The number of aryl methyl sites for hydroxylation is 3. The van der Waals surface area contributed by atoms with Gasteiger partial charge in [0.2, 0.25) is 0 Å². The van der Waals surface area contributed by atoms with Crippen molar-refractivity contribution >= 4 is 46.9 Å². The molecule has 0 aromatic carbocycles. The Morgan fingerprint density at radius 3 is 2.04 bits per heavy atom. The summed E-state index contributed by atoms with van der Waals surface area (Å²) in [5.41, 5.74) is 8.72. The van der Waals surface area contributed by atoms with Gasteiger partial charge in [0.25, 0.3) is 5.95 Å². The standard InChI is InChI=1S/C16H17N7S2/c1-10-4-6-24-13(10)8-17-21-15-12(3)20-23-16(19-15)22-18-9-14-11(2)5-7-25-14/h4-9H,1-3H3,(H2,19,21,22,23)/b17-8-,18-9-. The average molecular weight is 371 g/mol. The highest BCUT2D eigenvalue weighted by molar-refractivity contribution is 7.12. The van der Waals surface area contributed by atoms with Gasteiger partial charge in [-0.05, 0) is 54.8 Å². The molecule has 0 saturated carbocycles. The summed E-state index contributed by atoms with van der Waals surface area (Å²) < 4.78 is 0. The molecule has 0 unspecified atom stereocenters. The van der Waals surface area contributed by atoms with E-state index in [1.807, 2.05) is 37.6 Å². The maximum absolute atomic E-state index is 4.34. The molecule has 0 aliphatic heterocycles.